The molecule has 0 fully saturated rings. The Kier molecular flexibility index (Phi) is 9.76. The van der Waals surface area contributed by atoms with Gasteiger partial charge in [-0.2, -0.15) is 50.0 Å². The van der Waals surface area contributed by atoms with Crippen LogP contribution in [0.5, 0.6) is 5.88 Å². The smallest absolute Gasteiger partial charge is 0.337 e. The van der Waals surface area contributed by atoms with E-state index in [2.05, 4.69) is 40.9 Å². The van der Waals surface area contributed by atoms with Crippen molar-refractivity contribution in [2.75, 3.05) is 10.6 Å². The van der Waals surface area contributed by atoms with Gasteiger partial charge in [-0.25, -0.2) is 4.79 Å². The molecule has 0 atom stereocenters. The monoisotopic (exact) mass is 781 g/mol. The number of rotatable bonds is 11. The van der Waals surface area contributed by atoms with Gasteiger partial charge in [-0.05, 0) is 79.2 Å². The van der Waals surface area contributed by atoms with Crippen LogP contribution in [0.25, 0.3) is 5.69 Å². The van der Waals surface area contributed by atoms with Gasteiger partial charge in [0.25, 0.3) is 30.4 Å². The molecule has 0 aliphatic heterocycles. The van der Waals surface area contributed by atoms with Gasteiger partial charge in [-0.1, -0.05) is 0 Å². The molecule has 2 heterocycles. The van der Waals surface area contributed by atoms with Gasteiger partial charge >= 0.3 is 5.97 Å². The molecule has 0 aliphatic rings. The van der Waals surface area contributed by atoms with Gasteiger partial charge in [0.05, 0.1) is 32.4 Å². The Morgan fingerprint density at radius 1 is 0.784 bits per heavy atom. The predicted octanol–water partition coefficient (Wildman–Crippen LogP) is 4.07. The van der Waals surface area contributed by atoms with E-state index in [0.29, 0.717) is 6.07 Å². The number of halogens is 1. The van der Waals surface area contributed by atoms with Crippen LogP contribution in [0.1, 0.15) is 16.1 Å². The normalized spacial score (nSPS) is 12.3. The second-order valence-electron chi connectivity index (χ2n) is 9.99. The van der Waals surface area contributed by atoms with Crippen molar-refractivity contribution in [2.24, 2.45) is 10.2 Å². The summed E-state index contributed by atoms with van der Waals surface area (Å²) < 4.78 is 99.1. The lowest BCUT2D eigenvalue weighted by molar-refractivity contribution is 0.0697. The molecule has 3 aromatic carbocycles. The van der Waals surface area contributed by atoms with Crippen molar-refractivity contribution in [3.05, 3.63) is 77.2 Å². The molecule has 0 saturated heterocycles. The van der Waals surface area contributed by atoms with E-state index in [4.69, 9.17) is 11.6 Å². The molecule has 266 valence electrons. The first-order valence-electron chi connectivity index (χ1n) is 13.4. The maximum atomic E-state index is 12.1. The fraction of sp³-hybridized carbons (Fsp3) is 0.0385. The van der Waals surface area contributed by atoms with E-state index in [1.807, 2.05) is 0 Å². The summed E-state index contributed by atoms with van der Waals surface area (Å²) in [4.78, 5) is 21.8. The molecule has 5 rings (SSSR count). The molecule has 0 bridgehead atoms. The Hall–Kier alpha value is -5.63. The van der Waals surface area contributed by atoms with Crippen LogP contribution < -0.4 is 10.6 Å². The van der Waals surface area contributed by atoms with Crippen molar-refractivity contribution in [3.8, 4) is 11.6 Å². The van der Waals surface area contributed by atoms with Crippen molar-refractivity contribution in [1.29, 1.82) is 0 Å². The minimum Gasteiger partial charge on any atom is -0.492 e. The number of aryl methyl sites for hydroxylation is 1. The SMILES string of the molecule is Cc1nn(-c2ccc(S(=O)(=O)O)cc2)c(O)c1N=Nc1cc(Nc2nc(Cl)nc(Nc3ccc(S(=O)(=O)O)cc3C(=O)O)n2)ccc1S(=O)(=O)O. The number of carboxylic acids is 1. The highest BCUT2D eigenvalue weighted by atomic mass is 35.5. The van der Waals surface area contributed by atoms with E-state index in [-0.39, 0.29) is 40.3 Å². The minimum atomic E-state index is -4.88. The average Bonchev–Trinajstić information content (AvgIpc) is 3.30. The van der Waals surface area contributed by atoms with Gasteiger partial charge in [0.1, 0.15) is 10.6 Å². The Balaban J connectivity index is 1.46. The number of azo groups is 1. The lowest BCUT2D eigenvalue weighted by atomic mass is 10.2. The van der Waals surface area contributed by atoms with E-state index in [0.717, 1.165) is 41.1 Å². The van der Waals surface area contributed by atoms with E-state index in [1.54, 1.807) is 0 Å². The number of carboxylic acid groups (broad SMARTS) is 1. The molecule has 7 N–H and O–H groups in total. The largest absolute Gasteiger partial charge is 0.492 e. The number of anilines is 4. The molecule has 25 heteroatoms. The third kappa shape index (κ3) is 8.40. The molecule has 0 aliphatic carbocycles. The Morgan fingerprint density at radius 2 is 1.39 bits per heavy atom. The first kappa shape index (κ1) is 36.6. The van der Waals surface area contributed by atoms with Gasteiger partial charge < -0.3 is 20.8 Å². The summed E-state index contributed by atoms with van der Waals surface area (Å²) in [6.07, 6.45) is 0. The zero-order valence-corrected chi connectivity index (χ0v) is 28.3. The van der Waals surface area contributed by atoms with E-state index in [1.165, 1.54) is 25.1 Å². The topological polar surface area (TPSA) is 326 Å². The second kappa shape index (κ2) is 13.6. The van der Waals surface area contributed by atoms with Crippen LogP contribution in [-0.2, 0) is 30.4 Å². The minimum absolute atomic E-state index is 0.0452. The van der Waals surface area contributed by atoms with Crippen LogP contribution in [0.2, 0.25) is 5.28 Å². The number of carbonyl (C=O) groups is 1. The fourth-order valence-corrected chi connectivity index (χ4v) is 5.99. The van der Waals surface area contributed by atoms with Crippen molar-refractivity contribution < 1.29 is 53.9 Å². The van der Waals surface area contributed by atoms with Crippen LogP contribution in [0, 0.1) is 6.92 Å². The number of hydrogen-bond donors (Lipinski definition) is 7. The summed E-state index contributed by atoms with van der Waals surface area (Å²) in [5, 5.41) is 37.1. The molecule has 51 heavy (non-hydrogen) atoms. The van der Waals surface area contributed by atoms with Gasteiger partial charge in [0, 0.05) is 5.69 Å². The van der Waals surface area contributed by atoms with E-state index < -0.39 is 73.4 Å². The van der Waals surface area contributed by atoms with Gasteiger partial charge in [-0.3, -0.25) is 13.7 Å². The summed E-state index contributed by atoms with van der Waals surface area (Å²) in [5.41, 5.74) is -1.16. The molecule has 21 nitrogen and oxygen atoms in total. The lowest BCUT2D eigenvalue weighted by Gasteiger charge is -2.11. The zero-order valence-electron chi connectivity index (χ0n) is 25.1. The van der Waals surface area contributed by atoms with Crippen LogP contribution >= 0.6 is 11.6 Å². The molecule has 2 aromatic heterocycles. The maximum Gasteiger partial charge on any atom is 0.337 e. The summed E-state index contributed by atoms with van der Waals surface area (Å²) >= 11 is 6.02. The number of aromatic carboxylic acids is 1. The van der Waals surface area contributed by atoms with Crippen molar-refractivity contribution in [3.63, 3.8) is 0 Å². The number of nitrogens with one attached hydrogen (secondary N) is 2. The highest BCUT2D eigenvalue weighted by Crippen LogP contribution is 2.36. The molecule has 0 radical (unpaired) electrons. The highest BCUT2D eigenvalue weighted by molar-refractivity contribution is 7.86. The predicted molar refractivity (Wildman–Crippen MR) is 175 cm³/mol. The zero-order chi connectivity index (χ0) is 37.5. The molecule has 0 spiro atoms. The highest BCUT2D eigenvalue weighted by Gasteiger charge is 2.21. The first-order valence-corrected chi connectivity index (χ1v) is 18.1. The maximum absolute atomic E-state index is 12.1. The molecule has 0 unspecified atom stereocenters. The van der Waals surface area contributed by atoms with Crippen LogP contribution in [-0.4, -0.2) is 79.8 Å². The van der Waals surface area contributed by atoms with Gasteiger partial charge in [0.15, 0.2) is 5.69 Å². The van der Waals surface area contributed by atoms with Crippen LogP contribution in [0.4, 0.5) is 34.6 Å². The standard InChI is InChI=1S/C26H20ClN9O12S3/c1-12-21(22(37)36(35-12)14-3-5-15(6-4-14)49(40,41)42)34-33-19-10-13(2-9-20(19)51(46,47)48)28-25-30-24(27)31-26(32-25)29-18-8-7-16(50(43,44)45)11-17(18)23(38)39/h2-11,37H,1H3,(H,38,39)(H,40,41,42)(H,43,44,45)(H,46,47,48)(H2,28,29,30,31,32). The number of benzene rings is 3. The summed E-state index contributed by atoms with van der Waals surface area (Å²) in [6.45, 7) is 1.43. The third-order valence-electron chi connectivity index (χ3n) is 6.51. The van der Waals surface area contributed by atoms with Crippen molar-refractivity contribution in [1.82, 2.24) is 24.7 Å². The van der Waals surface area contributed by atoms with Crippen LogP contribution in [0.3, 0.4) is 0 Å². The molecule has 0 amide bonds. The molecular formula is C26H20ClN9O12S3. The quantitative estimate of drug-likeness (QED) is 0.0733. The summed E-state index contributed by atoms with van der Waals surface area (Å²) in [7, 11) is -14.1. The Labute approximate surface area is 291 Å². The Morgan fingerprint density at radius 3 is 1.98 bits per heavy atom. The average molecular weight is 782 g/mol. The summed E-state index contributed by atoms with van der Waals surface area (Å²) in [5.74, 6) is -2.75. The van der Waals surface area contributed by atoms with Crippen LogP contribution in [0.15, 0.2) is 85.6 Å². The lowest BCUT2D eigenvalue weighted by Crippen LogP contribution is -2.09. The number of aromatic nitrogens is 5. The number of aromatic hydroxyl groups is 1. The van der Waals surface area contributed by atoms with E-state index in [9.17, 15) is 53.9 Å². The summed E-state index contributed by atoms with van der Waals surface area (Å²) in [6, 6.07) is 10.5. The Bertz CT molecular complexity index is 2580. The van der Waals surface area contributed by atoms with Crippen molar-refractivity contribution in [2.45, 2.75) is 21.6 Å². The van der Waals surface area contributed by atoms with Gasteiger partial charge in [0.2, 0.25) is 23.1 Å². The van der Waals surface area contributed by atoms with Gasteiger partial charge in [-0.15, -0.1) is 10.2 Å². The van der Waals surface area contributed by atoms with Crippen molar-refractivity contribution >= 4 is 82.6 Å². The molecular weight excluding hydrogens is 762 g/mol. The molecule has 5 aromatic rings. The third-order valence-corrected chi connectivity index (χ3v) is 9.30. The number of hydrogen-bond acceptors (Lipinski definition) is 16. The second-order valence-corrected chi connectivity index (χ2v) is 14.6. The number of nitrogens with zero attached hydrogens (tertiary/aromatic N) is 7. The first-order chi connectivity index (χ1) is 23.7. The molecule has 0 saturated carbocycles. The van der Waals surface area contributed by atoms with E-state index >= 15 is 0 Å². The fourth-order valence-electron chi connectivity index (χ4n) is 4.24.